The number of amides is 2. The first-order valence-corrected chi connectivity index (χ1v) is 7.62. The number of methoxy groups -OCH3 is 1. The largest absolute Gasteiger partial charge is 0.494 e. The van der Waals surface area contributed by atoms with Gasteiger partial charge in [0.05, 0.1) is 29.4 Å². The third-order valence-corrected chi connectivity index (χ3v) is 4.32. The summed E-state index contributed by atoms with van der Waals surface area (Å²) in [5, 5.41) is 12.6. The number of hydrogen-bond acceptors (Lipinski definition) is 5. The van der Waals surface area contributed by atoms with Crippen LogP contribution in [0.4, 0.5) is 0 Å². The minimum Gasteiger partial charge on any atom is -0.494 e. The third-order valence-electron chi connectivity index (χ3n) is 3.72. The van der Waals surface area contributed by atoms with Crippen LogP contribution in [0.2, 0.25) is 0 Å². The van der Waals surface area contributed by atoms with Crippen molar-refractivity contribution in [1.82, 2.24) is 15.2 Å². The monoisotopic (exact) mass is 371 g/mol. The first kappa shape index (κ1) is 16.7. The van der Waals surface area contributed by atoms with E-state index in [4.69, 9.17) is 4.74 Å². The maximum atomic E-state index is 12.7. The van der Waals surface area contributed by atoms with Crippen LogP contribution in [-0.4, -0.2) is 60.2 Å². The fourth-order valence-corrected chi connectivity index (χ4v) is 2.98. The smallest absolute Gasteiger partial charge is 0.258 e. The number of pyridine rings is 1. The van der Waals surface area contributed by atoms with Gasteiger partial charge in [0.25, 0.3) is 5.91 Å². The normalized spacial score (nSPS) is 20.8. The fraction of sp³-hybridized carbons (Fsp3) is 0.500. The number of carbonyl (C=O) groups is 2. The number of aliphatic hydroxyl groups is 1. The SMILES string of the molecule is CNC(=O)C[C@@H]1CN(C(=O)c2c(Br)cncc2OC)C[C@H]1O. The summed E-state index contributed by atoms with van der Waals surface area (Å²) in [5.41, 5.74) is 0.366. The summed E-state index contributed by atoms with van der Waals surface area (Å²) in [6.45, 7) is 0.518. The minimum atomic E-state index is -0.715. The number of halogens is 1. The lowest BCUT2D eigenvalue weighted by Crippen LogP contribution is -2.30. The molecule has 1 aromatic rings. The molecule has 7 nitrogen and oxygen atoms in total. The second kappa shape index (κ2) is 7.06. The van der Waals surface area contributed by atoms with Gasteiger partial charge in [0.2, 0.25) is 5.91 Å². The van der Waals surface area contributed by atoms with Crippen LogP contribution >= 0.6 is 15.9 Å². The van der Waals surface area contributed by atoms with Crippen molar-refractivity contribution >= 4 is 27.7 Å². The van der Waals surface area contributed by atoms with E-state index in [9.17, 15) is 14.7 Å². The highest BCUT2D eigenvalue weighted by atomic mass is 79.9. The summed E-state index contributed by atoms with van der Waals surface area (Å²) < 4.78 is 5.70. The Morgan fingerprint density at radius 3 is 2.86 bits per heavy atom. The highest BCUT2D eigenvalue weighted by Gasteiger charge is 2.36. The van der Waals surface area contributed by atoms with E-state index in [1.54, 1.807) is 7.05 Å². The number of nitrogens with one attached hydrogen (secondary N) is 1. The Balaban J connectivity index is 2.16. The van der Waals surface area contributed by atoms with Crippen LogP contribution in [0, 0.1) is 5.92 Å². The summed E-state index contributed by atoms with van der Waals surface area (Å²) in [4.78, 5) is 29.6. The molecule has 22 heavy (non-hydrogen) atoms. The van der Waals surface area contributed by atoms with Gasteiger partial charge < -0.3 is 20.1 Å². The van der Waals surface area contributed by atoms with Gasteiger partial charge in [0.1, 0.15) is 0 Å². The predicted octanol–water partition coefficient (Wildman–Crippen LogP) is 0.422. The van der Waals surface area contributed by atoms with E-state index in [1.165, 1.54) is 24.4 Å². The number of likely N-dealkylation sites (tertiary alicyclic amines) is 1. The molecule has 1 fully saturated rings. The second-order valence-electron chi connectivity index (χ2n) is 5.11. The minimum absolute atomic E-state index is 0.152. The molecular formula is C14H18BrN3O4. The molecule has 2 atom stereocenters. The lowest BCUT2D eigenvalue weighted by atomic mass is 10.0. The summed E-state index contributed by atoms with van der Waals surface area (Å²) >= 11 is 3.30. The number of nitrogens with zero attached hydrogens (tertiary/aromatic N) is 2. The van der Waals surface area contributed by atoms with Gasteiger partial charge in [-0.15, -0.1) is 0 Å². The van der Waals surface area contributed by atoms with Crippen LogP contribution in [0.15, 0.2) is 16.9 Å². The summed E-state index contributed by atoms with van der Waals surface area (Å²) in [7, 11) is 3.01. The van der Waals surface area contributed by atoms with Gasteiger partial charge in [-0.3, -0.25) is 14.6 Å². The average Bonchev–Trinajstić information content (AvgIpc) is 2.87. The van der Waals surface area contributed by atoms with E-state index in [0.29, 0.717) is 22.3 Å². The van der Waals surface area contributed by atoms with Crippen molar-refractivity contribution in [3.8, 4) is 5.75 Å². The highest BCUT2D eigenvalue weighted by molar-refractivity contribution is 9.10. The molecule has 0 spiro atoms. The van der Waals surface area contributed by atoms with E-state index in [0.717, 1.165) is 0 Å². The molecule has 0 aromatic carbocycles. The van der Waals surface area contributed by atoms with Gasteiger partial charge >= 0.3 is 0 Å². The molecule has 2 heterocycles. The molecule has 1 aromatic heterocycles. The molecule has 0 radical (unpaired) electrons. The van der Waals surface area contributed by atoms with Crippen molar-refractivity contribution in [2.75, 3.05) is 27.2 Å². The zero-order chi connectivity index (χ0) is 16.3. The molecule has 2 N–H and O–H groups in total. The number of aliphatic hydroxyl groups excluding tert-OH is 1. The van der Waals surface area contributed by atoms with Gasteiger partial charge in [0, 0.05) is 38.7 Å². The van der Waals surface area contributed by atoms with E-state index in [2.05, 4.69) is 26.2 Å². The van der Waals surface area contributed by atoms with Crippen molar-refractivity contribution in [2.24, 2.45) is 5.92 Å². The van der Waals surface area contributed by atoms with Gasteiger partial charge in [-0.25, -0.2) is 0 Å². The van der Waals surface area contributed by atoms with Crippen molar-refractivity contribution in [3.63, 3.8) is 0 Å². The van der Waals surface area contributed by atoms with Crippen LogP contribution in [0.3, 0.4) is 0 Å². The fourth-order valence-electron chi connectivity index (χ4n) is 2.50. The quantitative estimate of drug-likeness (QED) is 0.800. The Morgan fingerprint density at radius 1 is 1.50 bits per heavy atom. The first-order chi connectivity index (χ1) is 10.5. The summed E-state index contributed by atoms with van der Waals surface area (Å²) in [6, 6.07) is 0. The van der Waals surface area contributed by atoms with Gasteiger partial charge in [-0.2, -0.15) is 0 Å². The van der Waals surface area contributed by atoms with Crippen LogP contribution < -0.4 is 10.1 Å². The van der Waals surface area contributed by atoms with Crippen molar-refractivity contribution in [1.29, 1.82) is 0 Å². The maximum Gasteiger partial charge on any atom is 0.258 e. The standard InChI is InChI=1S/C14H18BrN3O4/c1-16-12(20)3-8-6-18(7-10(8)19)14(21)13-9(15)4-17-5-11(13)22-2/h4-5,8,10,19H,3,6-7H2,1-2H3,(H,16,20)/t8-,10-/m1/s1. The topological polar surface area (TPSA) is 91.8 Å². The van der Waals surface area contributed by atoms with E-state index >= 15 is 0 Å². The Morgan fingerprint density at radius 2 is 2.23 bits per heavy atom. The van der Waals surface area contributed by atoms with Crippen molar-refractivity contribution < 1.29 is 19.4 Å². The van der Waals surface area contributed by atoms with E-state index in [1.807, 2.05) is 0 Å². The number of rotatable bonds is 4. The van der Waals surface area contributed by atoms with Crippen LogP contribution in [0.1, 0.15) is 16.8 Å². The van der Waals surface area contributed by atoms with Crippen molar-refractivity contribution in [2.45, 2.75) is 12.5 Å². The number of hydrogen-bond donors (Lipinski definition) is 2. The molecule has 0 bridgehead atoms. The lowest BCUT2D eigenvalue weighted by Gasteiger charge is -2.18. The van der Waals surface area contributed by atoms with Crippen molar-refractivity contribution in [3.05, 3.63) is 22.4 Å². The molecule has 0 unspecified atom stereocenters. The number of ether oxygens (including phenoxy) is 1. The van der Waals surface area contributed by atoms with Crippen LogP contribution in [-0.2, 0) is 4.79 Å². The Kier molecular flexibility index (Phi) is 5.36. The number of aromatic nitrogens is 1. The average molecular weight is 372 g/mol. The predicted molar refractivity (Wildman–Crippen MR) is 82.6 cm³/mol. The molecule has 2 amide bonds. The molecular weight excluding hydrogens is 354 g/mol. The van der Waals surface area contributed by atoms with Gasteiger partial charge in [0.15, 0.2) is 5.75 Å². The Bertz CT molecular complexity index is 581. The molecule has 120 valence electrons. The zero-order valence-corrected chi connectivity index (χ0v) is 14.0. The number of carbonyl (C=O) groups excluding carboxylic acids is 2. The second-order valence-corrected chi connectivity index (χ2v) is 5.97. The molecule has 0 saturated carbocycles. The maximum absolute atomic E-state index is 12.7. The Hall–Kier alpha value is -1.67. The molecule has 1 aliphatic rings. The molecule has 0 aliphatic carbocycles. The Labute approximate surface area is 136 Å². The molecule has 8 heteroatoms. The first-order valence-electron chi connectivity index (χ1n) is 6.83. The van der Waals surface area contributed by atoms with E-state index < -0.39 is 6.10 Å². The van der Waals surface area contributed by atoms with Crippen LogP contribution in [0.25, 0.3) is 0 Å². The van der Waals surface area contributed by atoms with Crippen LogP contribution in [0.5, 0.6) is 5.75 Å². The van der Waals surface area contributed by atoms with E-state index in [-0.39, 0.29) is 30.7 Å². The third kappa shape index (κ3) is 3.38. The summed E-state index contributed by atoms with van der Waals surface area (Å²) in [5.74, 6) is -0.315. The lowest BCUT2D eigenvalue weighted by molar-refractivity contribution is -0.122. The molecule has 1 saturated heterocycles. The summed E-state index contributed by atoms with van der Waals surface area (Å²) in [6.07, 6.45) is 2.46. The molecule has 2 rings (SSSR count). The number of β-amino-alcohol motifs (C(OH)–C–C–N with tert-alkyl or cyclic N) is 1. The zero-order valence-electron chi connectivity index (χ0n) is 12.4. The van der Waals surface area contributed by atoms with Gasteiger partial charge in [-0.05, 0) is 15.9 Å². The van der Waals surface area contributed by atoms with Gasteiger partial charge in [-0.1, -0.05) is 0 Å². The highest BCUT2D eigenvalue weighted by Crippen LogP contribution is 2.29. The molecule has 1 aliphatic heterocycles.